The van der Waals surface area contributed by atoms with Crippen LogP contribution in [0.4, 0.5) is 0 Å². The Hall–Kier alpha value is -3.03. The molecule has 2 aromatic rings. The van der Waals surface area contributed by atoms with Crippen LogP contribution in [0.3, 0.4) is 0 Å². The monoisotopic (exact) mass is 325 g/mol. The second-order valence-corrected chi connectivity index (χ2v) is 5.99. The van der Waals surface area contributed by atoms with Gasteiger partial charge in [-0.15, -0.1) is 0 Å². The van der Waals surface area contributed by atoms with Gasteiger partial charge < -0.3 is 4.90 Å². The van der Waals surface area contributed by atoms with Crippen LogP contribution in [0.5, 0.6) is 0 Å². The maximum absolute atomic E-state index is 12.6. The fourth-order valence-corrected chi connectivity index (χ4v) is 3.21. The smallest absolute Gasteiger partial charge is 0.255 e. The fraction of sp³-hybridized carbons (Fsp3) is 0.312. The first kappa shape index (κ1) is 14.6. The molecule has 0 saturated carbocycles. The van der Waals surface area contributed by atoms with E-state index in [2.05, 4.69) is 15.5 Å². The number of piperidine rings is 1. The van der Waals surface area contributed by atoms with Crippen molar-refractivity contribution in [3.63, 3.8) is 0 Å². The largest absolute Gasteiger partial charge is 0.322 e. The lowest BCUT2D eigenvalue weighted by molar-refractivity contribution is -0.136. The Labute approximate surface area is 137 Å². The van der Waals surface area contributed by atoms with Crippen molar-refractivity contribution in [2.24, 2.45) is 7.05 Å². The molecule has 8 nitrogen and oxygen atoms in total. The van der Waals surface area contributed by atoms with Gasteiger partial charge in [0, 0.05) is 31.1 Å². The summed E-state index contributed by atoms with van der Waals surface area (Å²) in [5.41, 5.74) is 3.05. The van der Waals surface area contributed by atoms with Gasteiger partial charge in [0.2, 0.25) is 11.8 Å². The van der Waals surface area contributed by atoms with E-state index in [0.29, 0.717) is 18.5 Å². The number of benzene rings is 1. The zero-order chi connectivity index (χ0) is 16.8. The molecule has 3 amide bonds. The second kappa shape index (κ2) is 5.26. The van der Waals surface area contributed by atoms with Gasteiger partial charge in [-0.25, -0.2) is 0 Å². The summed E-state index contributed by atoms with van der Waals surface area (Å²) in [6.45, 7) is 0.356. The fourth-order valence-electron chi connectivity index (χ4n) is 3.21. The minimum Gasteiger partial charge on any atom is -0.322 e. The zero-order valence-electron chi connectivity index (χ0n) is 13.0. The number of hydrogen-bond donors (Lipinski definition) is 1. The van der Waals surface area contributed by atoms with Crippen molar-refractivity contribution in [2.75, 3.05) is 0 Å². The standard InChI is InChI=1S/C16H15N5O3/c1-20-17-7-12(19-20)9-2-3-11-10(6-9)8-21(16(11)24)13-4-5-14(22)18-15(13)23/h2-3,6-7,13H,4-5,8H2,1H3,(H,18,22,23). The molecule has 4 rings (SSSR count). The molecule has 0 radical (unpaired) electrons. The van der Waals surface area contributed by atoms with Gasteiger partial charge in [-0.2, -0.15) is 15.0 Å². The van der Waals surface area contributed by atoms with Crippen LogP contribution in [0.1, 0.15) is 28.8 Å². The molecule has 0 aliphatic carbocycles. The molecule has 2 aliphatic rings. The van der Waals surface area contributed by atoms with Crippen LogP contribution >= 0.6 is 0 Å². The van der Waals surface area contributed by atoms with Gasteiger partial charge in [0.05, 0.1) is 6.20 Å². The molecule has 8 heteroatoms. The summed E-state index contributed by atoms with van der Waals surface area (Å²) in [6.07, 6.45) is 2.28. The number of nitrogens with one attached hydrogen (secondary N) is 1. The van der Waals surface area contributed by atoms with Crippen molar-refractivity contribution in [1.82, 2.24) is 25.2 Å². The number of carbonyl (C=O) groups is 3. The molecule has 1 atom stereocenters. The molecule has 1 N–H and O–H groups in total. The third-order valence-corrected chi connectivity index (χ3v) is 4.42. The normalized spacial score (nSPS) is 20.3. The van der Waals surface area contributed by atoms with Crippen LogP contribution in [0.2, 0.25) is 0 Å². The Morgan fingerprint density at radius 1 is 1.25 bits per heavy atom. The molecule has 0 bridgehead atoms. The van der Waals surface area contributed by atoms with Gasteiger partial charge in [0.25, 0.3) is 5.91 Å². The Morgan fingerprint density at radius 2 is 2.08 bits per heavy atom. The topological polar surface area (TPSA) is 97.2 Å². The predicted molar refractivity (Wildman–Crippen MR) is 82.5 cm³/mol. The molecule has 122 valence electrons. The summed E-state index contributed by atoms with van der Waals surface area (Å²) < 4.78 is 0. The van der Waals surface area contributed by atoms with E-state index >= 15 is 0 Å². The molecule has 1 unspecified atom stereocenters. The molecular formula is C16H15N5O3. The van der Waals surface area contributed by atoms with Crippen LogP contribution in [-0.2, 0) is 23.2 Å². The maximum Gasteiger partial charge on any atom is 0.255 e. The van der Waals surface area contributed by atoms with E-state index in [1.807, 2.05) is 12.1 Å². The SMILES string of the molecule is Cn1ncc(-c2ccc3c(c2)CN(C2CCC(=O)NC2=O)C3=O)n1. The summed E-state index contributed by atoms with van der Waals surface area (Å²) >= 11 is 0. The van der Waals surface area contributed by atoms with E-state index in [1.54, 1.807) is 19.3 Å². The minimum atomic E-state index is -0.595. The van der Waals surface area contributed by atoms with Crippen LogP contribution in [0.25, 0.3) is 11.3 Å². The Balaban J connectivity index is 1.62. The quantitative estimate of drug-likeness (QED) is 0.798. The number of hydrogen-bond acceptors (Lipinski definition) is 5. The highest BCUT2D eigenvalue weighted by Gasteiger charge is 2.39. The Kier molecular flexibility index (Phi) is 3.19. The van der Waals surface area contributed by atoms with Gasteiger partial charge in [-0.1, -0.05) is 6.07 Å². The van der Waals surface area contributed by atoms with E-state index in [0.717, 1.165) is 16.8 Å². The third kappa shape index (κ3) is 2.27. The first-order valence-corrected chi connectivity index (χ1v) is 7.67. The van der Waals surface area contributed by atoms with Gasteiger partial charge in [0.1, 0.15) is 11.7 Å². The van der Waals surface area contributed by atoms with E-state index in [9.17, 15) is 14.4 Å². The number of carbonyl (C=O) groups excluding carboxylic acids is 3. The maximum atomic E-state index is 12.6. The van der Waals surface area contributed by atoms with E-state index in [1.165, 1.54) is 9.70 Å². The summed E-state index contributed by atoms with van der Waals surface area (Å²) in [4.78, 5) is 38.9. The number of fused-ring (bicyclic) bond motifs is 1. The first-order valence-electron chi connectivity index (χ1n) is 7.67. The van der Waals surface area contributed by atoms with Crippen LogP contribution in [-0.4, -0.2) is 43.7 Å². The average Bonchev–Trinajstić information content (AvgIpc) is 3.11. The van der Waals surface area contributed by atoms with E-state index < -0.39 is 11.9 Å². The molecule has 1 saturated heterocycles. The second-order valence-electron chi connectivity index (χ2n) is 5.99. The number of rotatable bonds is 2. The van der Waals surface area contributed by atoms with Crippen molar-refractivity contribution < 1.29 is 14.4 Å². The lowest BCUT2D eigenvalue weighted by atomic mass is 10.0. The summed E-state index contributed by atoms with van der Waals surface area (Å²) in [6, 6.07) is 4.90. The molecule has 3 heterocycles. The van der Waals surface area contributed by atoms with Gasteiger partial charge >= 0.3 is 0 Å². The van der Waals surface area contributed by atoms with Gasteiger partial charge in [-0.05, 0) is 24.1 Å². The number of nitrogens with zero attached hydrogens (tertiary/aromatic N) is 4. The summed E-state index contributed by atoms with van der Waals surface area (Å²) in [5.74, 6) is -0.864. The summed E-state index contributed by atoms with van der Waals surface area (Å²) in [7, 11) is 1.74. The van der Waals surface area contributed by atoms with Crippen molar-refractivity contribution in [3.8, 4) is 11.3 Å². The van der Waals surface area contributed by atoms with Crippen LogP contribution in [0.15, 0.2) is 24.4 Å². The lowest BCUT2D eigenvalue weighted by Crippen LogP contribution is -2.52. The molecule has 0 spiro atoms. The van der Waals surface area contributed by atoms with Gasteiger partial charge in [0.15, 0.2) is 0 Å². The molecule has 2 aliphatic heterocycles. The van der Waals surface area contributed by atoms with Crippen LogP contribution < -0.4 is 5.32 Å². The number of amides is 3. The van der Waals surface area contributed by atoms with Crippen molar-refractivity contribution >= 4 is 17.7 Å². The average molecular weight is 325 g/mol. The molecular weight excluding hydrogens is 310 g/mol. The first-order chi connectivity index (χ1) is 11.5. The third-order valence-electron chi connectivity index (χ3n) is 4.42. The molecule has 1 aromatic heterocycles. The molecule has 24 heavy (non-hydrogen) atoms. The Morgan fingerprint density at radius 3 is 2.79 bits per heavy atom. The molecule has 1 aromatic carbocycles. The minimum absolute atomic E-state index is 0.176. The highest BCUT2D eigenvalue weighted by molar-refractivity contribution is 6.05. The number of imide groups is 1. The number of aryl methyl sites for hydroxylation is 1. The molecule has 1 fully saturated rings. The van der Waals surface area contributed by atoms with Crippen molar-refractivity contribution in [3.05, 3.63) is 35.5 Å². The number of aromatic nitrogens is 3. The van der Waals surface area contributed by atoms with Crippen molar-refractivity contribution in [1.29, 1.82) is 0 Å². The van der Waals surface area contributed by atoms with Gasteiger partial charge in [-0.3, -0.25) is 19.7 Å². The highest BCUT2D eigenvalue weighted by Crippen LogP contribution is 2.30. The van der Waals surface area contributed by atoms with Crippen molar-refractivity contribution in [2.45, 2.75) is 25.4 Å². The van der Waals surface area contributed by atoms with E-state index in [4.69, 9.17) is 0 Å². The lowest BCUT2D eigenvalue weighted by Gasteiger charge is -2.29. The van der Waals surface area contributed by atoms with Crippen LogP contribution in [0, 0.1) is 0 Å². The van der Waals surface area contributed by atoms with E-state index in [-0.39, 0.29) is 18.2 Å². The Bertz CT molecular complexity index is 872. The highest BCUT2D eigenvalue weighted by atomic mass is 16.2. The zero-order valence-corrected chi connectivity index (χ0v) is 13.0. The predicted octanol–water partition coefficient (Wildman–Crippen LogP) is 0.243. The summed E-state index contributed by atoms with van der Waals surface area (Å²) in [5, 5.41) is 10.6.